The Morgan fingerprint density at radius 3 is 2.75 bits per heavy atom. The summed E-state index contributed by atoms with van der Waals surface area (Å²) in [4.78, 5) is 12.6. The highest BCUT2D eigenvalue weighted by Gasteiger charge is 2.18. The molecule has 0 bridgehead atoms. The molecule has 0 heterocycles. The van der Waals surface area contributed by atoms with E-state index in [1.54, 1.807) is 12.1 Å². The van der Waals surface area contributed by atoms with Gasteiger partial charge >= 0.3 is 0 Å². The van der Waals surface area contributed by atoms with Gasteiger partial charge in [-0.1, -0.05) is 25.3 Å². The van der Waals surface area contributed by atoms with Gasteiger partial charge in [0.1, 0.15) is 5.75 Å². The number of carbonyl (C=O) groups excluding carboxylic acids is 1. The highest BCUT2D eigenvalue weighted by Crippen LogP contribution is 2.19. The van der Waals surface area contributed by atoms with Gasteiger partial charge in [0.05, 0.1) is 10.8 Å². The molecule has 20 heavy (non-hydrogen) atoms. The molecule has 0 aromatic heterocycles. The van der Waals surface area contributed by atoms with Crippen LogP contribution in [0.2, 0.25) is 0 Å². The van der Waals surface area contributed by atoms with Gasteiger partial charge in [0.15, 0.2) is 0 Å². The molecular formula is C15H22N2O2S. The monoisotopic (exact) mass is 294 g/mol. The van der Waals surface area contributed by atoms with Crippen LogP contribution >= 0.6 is 0 Å². The van der Waals surface area contributed by atoms with Crippen LogP contribution in [-0.2, 0) is 15.6 Å². The van der Waals surface area contributed by atoms with Crippen molar-refractivity contribution in [3.05, 3.63) is 23.8 Å². The number of carbonyl (C=O) groups is 1. The van der Waals surface area contributed by atoms with Crippen LogP contribution in [0.4, 0.5) is 5.69 Å². The Labute approximate surface area is 122 Å². The van der Waals surface area contributed by atoms with Crippen LogP contribution in [0.3, 0.4) is 0 Å². The van der Waals surface area contributed by atoms with Gasteiger partial charge in [0.25, 0.3) is 0 Å². The molecule has 0 saturated heterocycles. The molecule has 110 valence electrons. The SMILES string of the molecule is Cc1ccc(N)cc1S(=O)CC(=O)NC1CCCCC1. The molecule has 4 nitrogen and oxygen atoms in total. The zero-order chi connectivity index (χ0) is 14.5. The van der Waals surface area contributed by atoms with Crippen LogP contribution in [-0.4, -0.2) is 21.9 Å². The van der Waals surface area contributed by atoms with Crippen LogP contribution in [0, 0.1) is 6.92 Å². The second-order valence-electron chi connectivity index (χ2n) is 5.42. The fourth-order valence-corrected chi connectivity index (χ4v) is 3.75. The lowest BCUT2D eigenvalue weighted by Gasteiger charge is -2.22. The first-order chi connectivity index (χ1) is 9.56. The zero-order valence-electron chi connectivity index (χ0n) is 11.9. The second kappa shape index (κ2) is 6.88. The van der Waals surface area contributed by atoms with Crippen molar-refractivity contribution >= 4 is 22.4 Å². The number of hydrogen-bond donors (Lipinski definition) is 2. The molecule has 1 aromatic rings. The Balaban J connectivity index is 1.93. The molecule has 1 aromatic carbocycles. The average molecular weight is 294 g/mol. The fourth-order valence-electron chi connectivity index (χ4n) is 2.58. The van der Waals surface area contributed by atoms with Crippen molar-refractivity contribution in [1.29, 1.82) is 0 Å². The van der Waals surface area contributed by atoms with E-state index in [4.69, 9.17) is 5.73 Å². The van der Waals surface area contributed by atoms with Gasteiger partial charge in [0, 0.05) is 16.6 Å². The molecule has 1 amide bonds. The van der Waals surface area contributed by atoms with Gasteiger partial charge in [-0.25, -0.2) is 0 Å². The van der Waals surface area contributed by atoms with Crippen molar-refractivity contribution in [3.63, 3.8) is 0 Å². The molecule has 1 atom stereocenters. The first-order valence-corrected chi connectivity index (χ1v) is 8.42. The number of amides is 1. The molecule has 1 unspecified atom stereocenters. The number of nitrogens with two attached hydrogens (primary N) is 1. The number of aryl methyl sites for hydroxylation is 1. The number of hydrogen-bond acceptors (Lipinski definition) is 3. The molecule has 1 saturated carbocycles. The Morgan fingerprint density at radius 2 is 2.05 bits per heavy atom. The maximum atomic E-state index is 12.3. The standard InChI is InChI=1S/C15H22N2O2S/c1-11-7-8-12(16)9-14(11)20(19)10-15(18)17-13-5-3-2-4-6-13/h7-9,13H,2-6,10,16H2,1H3,(H,17,18). The average Bonchev–Trinajstić information content (AvgIpc) is 2.42. The minimum absolute atomic E-state index is 0.0147. The minimum atomic E-state index is -1.33. The van der Waals surface area contributed by atoms with Crippen LogP contribution in [0.25, 0.3) is 0 Å². The molecule has 0 aliphatic heterocycles. The van der Waals surface area contributed by atoms with Crippen LogP contribution in [0.5, 0.6) is 0 Å². The Hall–Kier alpha value is -1.36. The Kier molecular flexibility index (Phi) is 5.17. The van der Waals surface area contributed by atoms with E-state index in [0.29, 0.717) is 10.6 Å². The third-order valence-electron chi connectivity index (χ3n) is 3.69. The van der Waals surface area contributed by atoms with E-state index in [1.807, 2.05) is 13.0 Å². The third kappa shape index (κ3) is 4.07. The van der Waals surface area contributed by atoms with Crippen molar-refractivity contribution in [2.75, 3.05) is 11.5 Å². The van der Waals surface area contributed by atoms with Crippen molar-refractivity contribution < 1.29 is 9.00 Å². The molecule has 1 fully saturated rings. The van der Waals surface area contributed by atoms with Crippen molar-refractivity contribution in [1.82, 2.24) is 5.32 Å². The number of benzene rings is 1. The first-order valence-electron chi connectivity index (χ1n) is 7.10. The number of nitrogen functional groups attached to an aromatic ring is 1. The van der Waals surface area contributed by atoms with Gasteiger partial charge in [-0.05, 0) is 37.5 Å². The minimum Gasteiger partial charge on any atom is -0.399 e. The lowest BCUT2D eigenvalue weighted by Crippen LogP contribution is -2.38. The molecular weight excluding hydrogens is 272 g/mol. The molecule has 2 rings (SSSR count). The molecule has 1 aliphatic rings. The molecule has 0 radical (unpaired) electrons. The van der Waals surface area contributed by atoms with Gasteiger partial charge < -0.3 is 11.1 Å². The Bertz CT molecular complexity index is 511. The van der Waals surface area contributed by atoms with E-state index in [-0.39, 0.29) is 17.7 Å². The summed E-state index contributed by atoms with van der Waals surface area (Å²) in [6, 6.07) is 5.56. The topological polar surface area (TPSA) is 72.2 Å². The third-order valence-corrected chi connectivity index (χ3v) is 5.14. The summed E-state index contributed by atoms with van der Waals surface area (Å²) in [6.07, 6.45) is 5.66. The predicted octanol–water partition coefficient (Wildman–Crippen LogP) is 2.13. The van der Waals surface area contributed by atoms with E-state index < -0.39 is 10.8 Å². The van der Waals surface area contributed by atoms with Gasteiger partial charge in [0.2, 0.25) is 5.91 Å². The second-order valence-corrected chi connectivity index (χ2v) is 6.84. The highest BCUT2D eigenvalue weighted by atomic mass is 32.2. The summed E-state index contributed by atoms with van der Waals surface area (Å²) in [7, 11) is -1.33. The largest absolute Gasteiger partial charge is 0.399 e. The normalized spacial score (nSPS) is 17.6. The van der Waals surface area contributed by atoms with E-state index in [9.17, 15) is 9.00 Å². The van der Waals surface area contributed by atoms with Crippen molar-refractivity contribution in [3.8, 4) is 0 Å². The smallest absolute Gasteiger partial charge is 0.233 e. The summed E-state index contributed by atoms with van der Waals surface area (Å²) in [5.74, 6) is -0.113. The summed E-state index contributed by atoms with van der Waals surface area (Å²) >= 11 is 0. The van der Waals surface area contributed by atoms with Gasteiger partial charge in [-0.3, -0.25) is 9.00 Å². The van der Waals surface area contributed by atoms with Crippen molar-refractivity contribution in [2.24, 2.45) is 0 Å². The van der Waals surface area contributed by atoms with Crippen LogP contribution in [0.15, 0.2) is 23.1 Å². The fraction of sp³-hybridized carbons (Fsp3) is 0.533. The van der Waals surface area contributed by atoms with E-state index >= 15 is 0 Å². The summed E-state index contributed by atoms with van der Waals surface area (Å²) in [6.45, 7) is 1.88. The maximum absolute atomic E-state index is 12.3. The number of anilines is 1. The molecule has 3 N–H and O–H groups in total. The Morgan fingerprint density at radius 1 is 1.35 bits per heavy atom. The van der Waals surface area contributed by atoms with E-state index in [1.165, 1.54) is 19.3 Å². The van der Waals surface area contributed by atoms with E-state index in [0.717, 1.165) is 18.4 Å². The number of rotatable bonds is 4. The van der Waals surface area contributed by atoms with Crippen molar-refractivity contribution in [2.45, 2.75) is 50.0 Å². The van der Waals surface area contributed by atoms with Gasteiger partial charge in [-0.2, -0.15) is 0 Å². The lowest BCUT2D eigenvalue weighted by atomic mass is 9.95. The van der Waals surface area contributed by atoms with Gasteiger partial charge in [-0.15, -0.1) is 0 Å². The highest BCUT2D eigenvalue weighted by molar-refractivity contribution is 7.85. The summed E-state index contributed by atoms with van der Waals surface area (Å²) in [5, 5.41) is 2.99. The van der Waals surface area contributed by atoms with Crippen LogP contribution < -0.4 is 11.1 Å². The quantitative estimate of drug-likeness (QED) is 0.836. The molecule has 1 aliphatic carbocycles. The zero-order valence-corrected chi connectivity index (χ0v) is 12.7. The lowest BCUT2D eigenvalue weighted by molar-refractivity contribution is -0.119. The molecule has 5 heteroatoms. The van der Waals surface area contributed by atoms with Crippen LogP contribution in [0.1, 0.15) is 37.7 Å². The summed E-state index contributed by atoms with van der Waals surface area (Å²) in [5.41, 5.74) is 7.19. The summed E-state index contributed by atoms with van der Waals surface area (Å²) < 4.78 is 12.3. The first kappa shape index (κ1) is 15.0. The molecule has 0 spiro atoms. The predicted molar refractivity (Wildman–Crippen MR) is 81.9 cm³/mol. The maximum Gasteiger partial charge on any atom is 0.233 e. The van der Waals surface area contributed by atoms with E-state index in [2.05, 4.69) is 5.32 Å². The number of nitrogens with one attached hydrogen (secondary N) is 1.